The average molecular weight is 344 g/mol. The van der Waals surface area contributed by atoms with Crippen LogP contribution in [0.4, 0.5) is 0 Å². The monoisotopic (exact) mass is 344 g/mol. The van der Waals surface area contributed by atoms with E-state index in [9.17, 15) is 14.7 Å². The van der Waals surface area contributed by atoms with Crippen molar-refractivity contribution in [1.29, 1.82) is 0 Å². The maximum Gasteiger partial charge on any atom is 0.333 e. The normalized spacial score (nSPS) is 18.2. The molecule has 0 aliphatic carbocycles. The minimum Gasteiger partial charge on any atom is -0.494 e. The largest absolute Gasteiger partial charge is 0.494 e. The van der Waals surface area contributed by atoms with Gasteiger partial charge in [0, 0.05) is 20.5 Å². The van der Waals surface area contributed by atoms with Gasteiger partial charge < -0.3 is 20.0 Å². The fraction of sp³-hybridized carbons (Fsp3) is 0.312. The van der Waals surface area contributed by atoms with Crippen LogP contribution in [-0.2, 0) is 14.1 Å². The molecule has 9 heteroatoms. The van der Waals surface area contributed by atoms with Gasteiger partial charge in [0.15, 0.2) is 11.5 Å². The van der Waals surface area contributed by atoms with Crippen LogP contribution in [0.15, 0.2) is 32.9 Å². The van der Waals surface area contributed by atoms with Gasteiger partial charge in [-0.05, 0) is 17.7 Å². The Labute approximate surface area is 141 Å². The second kappa shape index (κ2) is 5.40. The minimum absolute atomic E-state index is 0.0281. The molecule has 25 heavy (non-hydrogen) atoms. The SMILES string of the molecule is Cn1c(O)c(C2=NN[C@@H](c3ccc4c(c3)OCO4)C2)c(=O)n(C)c1=O. The average Bonchev–Trinajstić information content (AvgIpc) is 3.27. The predicted octanol–water partition coefficient (Wildman–Crippen LogP) is -0.0430. The van der Waals surface area contributed by atoms with E-state index < -0.39 is 11.2 Å². The summed E-state index contributed by atoms with van der Waals surface area (Å²) in [6, 6.07) is 5.39. The van der Waals surface area contributed by atoms with E-state index in [2.05, 4.69) is 10.5 Å². The second-order valence-electron chi connectivity index (χ2n) is 5.96. The Hall–Kier alpha value is -3.23. The van der Waals surface area contributed by atoms with Crippen molar-refractivity contribution in [3.63, 3.8) is 0 Å². The lowest BCUT2D eigenvalue weighted by molar-refractivity contribution is 0.174. The molecular weight excluding hydrogens is 328 g/mol. The lowest BCUT2D eigenvalue weighted by Gasteiger charge is -2.12. The van der Waals surface area contributed by atoms with Crippen LogP contribution in [0, 0.1) is 0 Å². The Balaban J connectivity index is 1.68. The van der Waals surface area contributed by atoms with Crippen LogP contribution in [0.1, 0.15) is 23.6 Å². The number of hydrazone groups is 1. The number of aromatic nitrogens is 2. The number of hydrogen-bond donors (Lipinski definition) is 2. The molecule has 0 fully saturated rings. The van der Waals surface area contributed by atoms with Crippen LogP contribution in [0.5, 0.6) is 17.4 Å². The van der Waals surface area contributed by atoms with Crippen molar-refractivity contribution in [2.45, 2.75) is 12.5 Å². The molecule has 2 aliphatic rings. The van der Waals surface area contributed by atoms with Crippen LogP contribution in [0.3, 0.4) is 0 Å². The lowest BCUT2D eigenvalue weighted by Crippen LogP contribution is -2.39. The minimum atomic E-state index is -0.592. The molecular formula is C16H16N4O5. The van der Waals surface area contributed by atoms with Gasteiger partial charge in [-0.15, -0.1) is 0 Å². The van der Waals surface area contributed by atoms with E-state index in [4.69, 9.17) is 9.47 Å². The van der Waals surface area contributed by atoms with Gasteiger partial charge in [0.25, 0.3) is 5.56 Å². The Morgan fingerprint density at radius 3 is 2.76 bits per heavy atom. The van der Waals surface area contributed by atoms with Gasteiger partial charge in [0.1, 0.15) is 5.56 Å². The summed E-state index contributed by atoms with van der Waals surface area (Å²) in [6.07, 6.45) is 0.390. The number of ether oxygens (including phenoxy) is 2. The molecule has 0 saturated heterocycles. The number of hydrogen-bond acceptors (Lipinski definition) is 7. The number of rotatable bonds is 2. The quantitative estimate of drug-likeness (QED) is 0.791. The summed E-state index contributed by atoms with van der Waals surface area (Å²) < 4.78 is 12.6. The number of nitrogens with one attached hydrogen (secondary N) is 1. The van der Waals surface area contributed by atoms with Crippen LogP contribution < -0.4 is 26.1 Å². The number of benzene rings is 1. The first-order valence-corrected chi connectivity index (χ1v) is 7.68. The summed E-state index contributed by atoms with van der Waals surface area (Å²) in [5.41, 5.74) is 3.14. The molecule has 130 valence electrons. The highest BCUT2D eigenvalue weighted by Crippen LogP contribution is 2.36. The summed E-state index contributed by atoms with van der Waals surface area (Å²) in [7, 11) is 2.77. The highest BCUT2D eigenvalue weighted by molar-refractivity contribution is 6.03. The third-order valence-corrected chi connectivity index (χ3v) is 4.47. The molecule has 2 aliphatic heterocycles. The molecule has 3 heterocycles. The standard InChI is InChI=1S/C16H16N4O5/c1-19-14(21)13(15(22)20(2)16(19)23)10-6-9(17-18-10)8-3-4-11-12(5-8)25-7-24-11/h3-5,9,17,21H,6-7H2,1-2H3/t9-/m1/s1. The topological polar surface area (TPSA) is 107 Å². The molecule has 1 aromatic heterocycles. The Bertz CT molecular complexity index is 1020. The fourth-order valence-corrected chi connectivity index (χ4v) is 3.01. The van der Waals surface area contributed by atoms with Crippen molar-refractivity contribution in [2.24, 2.45) is 19.2 Å². The highest BCUT2D eigenvalue weighted by atomic mass is 16.7. The molecule has 0 amide bonds. The molecule has 2 aromatic rings. The third kappa shape index (κ3) is 2.27. The molecule has 1 atom stereocenters. The maximum absolute atomic E-state index is 12.4. The second-order valence-corrected chi connectivity index (χ2v) is 5.96. The van der Waals surface area contributed by atoms with Gasteiger partial charge in [-0.2, -0.15) is 5.10 Å². The van der Waals surface area contributed by atoms with E-state index in [0.717, 1.165) is 14.7 Å². The Morgan fingerprint density at radius 1 is 1.20 bits per heavy atom. The molecule has 0 unspecified atom stereocenters. The molecule has 9 nitrogen and oxygen atoms in total. The van der Waals surface area contributed by atoms with Gasteiger partial charge in [-0.1, -0.05) is 6.07 Å². The smallest absolute Gasteiger partial charge is 0.333 e. The third-order valence-electron chi connectivity index (χ3n) is 4.47. The zero-order valence-corrected chi connectivity index (χ0v) is 13.6. The maximum atomic E-state index is 12.4. The van der Waals surface area contributed by atoms with Crippen LogP contribution in [0.25, 0.3) is 0 Å². The molecule has 1 aromatic carbocycles. The predicted molar refractivity (Wildman–Crippen MR) is 88.2 cm³/mol. The van der Waals surface area contributed by atoms with Crippen molar-refractivity contribution in [1.82, 2.24) is 14.6 Å². The zero-order chi connectivity index (χ0) is 17.7. The van der Waals surface area contributed by atoms with Gasteiger partial charge in [0.05, 0.1) is 11.8 Å². The van der Waals surface area contributed by atoms with E-state index in [1.807, 2.05) is 18.2 Å². The van der Waals surface area contributed by atoms with Crippen molar-refractivity contribution in [3.05, 3.63) is 50.2 Å². The molecule has 4 rings (SSSR count). The Morgan fingerprint density at radius 2 is 1.96 bits per heavy atom. The summed E-state index contributed by atoms with van der Waals surface area (Å²) >= 11 is 0. The van der Waals surface area contributed by atoms with Crippen molar-refractivity contribution in [2.75, 3.05) is 6.79 Å². The molecule has 2 N–H and O–H groups in total. The number of aromatic hydroxyl groups is 1. The highest BCUT2D eigenvalue weighted by Gasteiger charge is 2.28. The van der Waals surface area contributed by atoms with E-state index in [-0.39, 0.29) is 24.3 Å². The molecule has 0 saturated carbocycles. The van der Waals surface area contributed by atoms with E-state index in [1.165, 1.54) is 14.1 Å². The summed E-state index contributed by atoms with van der Waals surface area (Å²) in [4.78, 5) is 24.2. The lowest BCUT2D eigenvalue weighted by atomic mass is 9.99. The van der Waals surface area contributed by atoms with Gasteiger partial charge >= 0.3 is 5.69 Å². The van der Waals surface area contributed by atoms with Crippen LogP contribution >= 0.6 is 0 Å². The van der Waals surface area contributed by atoms with Crippen LogP contribution in [-0.4, -0.2) is 26.7 Å². The molecule has 0 spiro atoms. The summed E-state index contributed by atoms with van der Waals surface area (Å²) in [5.74, 6) is 0.959. The van der Waals surface area contributed by atoms with Crippen molar-refractivity contribution >= 4 is 5.71 Å². The van der Waals surface area contributed by atoms with E-state index >= 15 is 0 Å². The number of fused-ring (bicyclic) bond motifs is 1. The summed E-state index contributed by atoms with van der Waals surface area (Å²) in [5, 5.41) is 14.4. The molecule has 0 radical (unpaired) electrons. The number of nitrogens with zero attached hydrogens (tertiary/aromatic N) is 3. The van der Waals surface area contributed by atoms with Crippen molar-refractivity contribution in [3.8, 4) is 17.4 Å². The van der Waals surface area contributed by atoms with Crippen LogP contribution in [0.2, 0.25) is 0 Å². The van der Waals surface area contributed by atoms with Crippen molar-refractivity contribution < 1.29 is 14.6 Å². The van der Waals surface area contributed by atoms with Gasteiger partial charge in [0.2, 0.25) is 12.7 Å². The first kappa shape index (κ1) is 15.3. The van der Waals surface area contributed by atoms with Gasteiger partial charge in [-0.3, -0.25) is 13.9 Å². The summed E-state index contributed by atoms with van der Waals surface area (Å²) in [6.45, 7) is 0.195. The first-order chi connectivity index (χ1) is 12.0. The fourth-order valence-electron chi connectivity index (χ4n) is 3.01. The van der Waals surface area contributed by atoms with E-state index in [0.29, 0.717) is 23.6 Å². The van der Waals surface area contributed by atoms with Gasteiger partial charge in [-0.25, -0.2) is 4.79 Å². The Kier molecular flexibility index (Phi) is 3.31. The zero-order valence-electron chi connectivity index (χ0n) is 13.6. The van der Waals surface area contributed by atoms with E-state index in [1.54, 1.807) is 0 Å². The molecule has 0 bridgehead atoms. The first-order valence-electron chi connectivity index (χ1n) is 7.68.